The Hall–Kier alpha value is -2.51. The molecule has 0 unspecified atom stereocenters. The van der Waals surface area contributed by atoms with Gasteiger partial charge in [0.05, 0.1) is 5.71 Å². The van der Waals surface area contributed by atoms with Crippen molar-refractivity contribution in [1.29, 1.82) is 0 Å². The summed E-state index contributed by atoms with van der Waals surface area (Å²) in [6.07, 6.45) is 0. The fourth-order valence-electron chi connectivity index (χ4n) is 2.93. The Bertz CT molecular complexity index is 1020. The number of benzene rings is 2. The molecule has 3 rings (SSSR count). The molecule has 1 fully saturated rings. The van der Waals surface area contributed by atoms with Crippen molar-refractivity contribution in [1.82, 2.24) is 5.43 Å². The minimum Gasteiger partial charge on any atom is -0.507 e. The van der Waals surface area contributed by atoms with E-state index in [-0.39, 0.29) is 11.7 Å². The molecule has 1 aliphatic heterocycles. The van der Waals surface area contributed by atoms with E-state index in [1.807, 2.05) is 6.07 Å². The number of nitrogens with zero attached hydrogens (tertiary/aromatic N) is 2. The molecule has 28 heavy (non-hydrogen) atoms. The summed E-state index contributed by atoms with van der Waals surface area (Å²) in [5.41, 5.74) is 4.76. The van der Waals surface area contributed by atoms with Crippen LogP contribution in [0.3, 0.4) is 0 Å². The summed E-state index contributed by atoms with van der Waals surface area (Å²) in [6.45, 7) is 2.98. The minimum atomic E-state index is -1.97. The summed E-state index contributed by atoms with van der Waals surface area (Å²) in [7, 11) is -1.97. The number of aromatic hydroxyl groups is 1. The number of carbonyl (C=O) groups is 1. The average molecular weight is 420 g/mol. The van der Waals surface area contributed by atoms with Crippen LogP contribution in [0.5, 0.6) is 5.75 Å². The fraction of sp³-hybridized carbons (Fsp3) is 0.250. The predicted molar refractivity (Wildman–Crippen MR) is 116 cm³/mol. The summed E-state index contributed by atoms with van der Waals surface area (Å²) < 4.78 is 12.0. The molecule has 148 valence electrons. The van der Waals surface area contributed by atoms with Crippen molar-refractivity contribution in [2.45, 2.75) is 6.92 Å². The van der Waals surface area contributed by atoms with Gasteiger partial charge in [0.2, 0.25) is 0 Å². The first-order chi connectivity index (χ1) is 13.2. The maximum Gasteiger partial charge on any atom is 0.271 e. The number of hydrogen-bond acceptors (Lipinski definition) is 5. The first-order valence-corrected chi connectivity index (χ1v) is 11.2. The number of hydrazone groups is 1. The number of carbonyl (C=O) groups excluding carboxylic acids is 1. The molecular weight excluding hydrogens is 398 g/mol. The van der Waals surface area contributed by atoms with Crippen LogP contribution >= 0.6 is 11.6 Å². The third kappa shape index (κ3) is 4.85. The van der Waals surface area contributed by atoms with Crippen LogP contribution < -0.4 is 10.3 Å². The average Bonchev–Trinajstić information content (AvgIpc) is 2.67. The second-order valence-electron chi connectivity index (χ2n) is 6.71. The molecule has 0 atom stereocenters. The van der Waals surface area contributed by atoms with Gasteiger partial charge in [-0.2, -0.15) is 5.10 Å². The number of nitrogens with one attached hydrogen (secondary N) is 1. The van der Waals surface area contributed by atoms with Crippen LogP contribution in [0.4, 0.5) is 5.69 Å². The van der Waals surface area contributed by atoms with Gasteiger partial charge in [-0.15, -0.1) is 0 Å². The lowest BCUT2D eigenvalue weighted by Crippen LogP contribution is -2.40. The van der Waals surface area contributed by atoms with Gasteiger partial charge in [0.1, 0.15) is 5.75 Å². The third-order valence-electron chi connectivity index (χ3n) is 4.61. The maximum atomic E-state index is 12.5. The molecule has 0 aliphatic carbocycles. The molecule has 0 aromatic heterocycles. The molecular formula is C20H22ClN3O3S. The van der Waals surface area contributed by atoms with Gasteiger partial charge in [0.15, 0.2) is 0 Å². The van der Waals surface area contributed by atoms with Crippen LogP contribution in [0.1, 0.15) is 22.8 Å². The Morgan fingerprint density at radius 2 is 1.96 bits per heavy atom. The molecule has 8 heteroatoms. The Morgan fingerprint density at radius 1 is 1.25 bits per heavy atom. The molecule has 2 aromatic rings. The molecule has 0 radical (unpaired) electrons. The SMILES string of the molecule is C=S1(=O)CCN(c2cccc(C(=O)N/N=C(\C)c3cc(Cl)ccc3O)c2)CC1. The van der Waals surface area contributed by atoms with Gasteiger partial charge in [0, 0.05) is 46.4 Å². The summed E-state index contributed by atoms with van der Waals surface area (Å²) in [4.78, 5) is 14.6. The highest BCUT2D eigenvalue weighted by atomic mass is 35.5. The van der Waals surface area contributed by atoms with Crippen LogP contribution in [0, 0.1) is 0 Å². The van der Waals surface area contributed by atoms with E-state index in [1.165, 1.54) is 6.07 Å². The molecule has 6 nitrogen and oxygen atoms in total. The van der Waals surface area contributed by atoms with E-state index in [0.717, 1.165) is 5.69 Å². The Kier molecular flexibility index (Phi) is 5.96. The highest BCUT2D eigenvalue weighted by Crippen LogP contribution is 2.22. The molecule has 2 N–H and O–H groups in total. The zero-order valence-corrected chi connectivity index (χ0v) is 17.1. The highest BCUT2D eigenvalue weighted by molar-refractivity contribution is 8.00. The van der Waals surface area contributed by atoms with Crippen molar-refractivity contribution in [3.05, 3.63) is 58.6 Å². The van der Waals surface area contributed by atoms with Gasteiger partial charge >= 0.3 is 0 Å². The van der Waals surface area contributed by atoms with Gasteiger partial charge in [0.25, 0.3) is 5.91 Å². The van der Waals surface area contributed by atoms with Crippen molar-refractivity contribution in [3.63, 3.8) is 0 Å². The second-order valence-corrected chi connectivity index (χ2v) is 9.90. The normalized spacial score (nSPS) is 16.6. The minimum absolute atomic E-state index is 0.0361. The van der Waals surface area contributed by atoms with Crippen molar-refractivity contribution >= 4 is 44.3 Å². The molecule has 1 heterocycles. The first-order valence-electron chi connectivity index (χ1n) is 8.76. The van der Waals surface area contributed by atoms with Crippen molar-refractivity contribution in [2.75, 3.05) is 29.5 Å². The molecule has 0 saturated carbocycles. The molecule has 0 spiro atoms. The van der Waals surface area contributed by atoms with E-state index in [2.05, 4.69) is 21.3 Å². The maximum absolute atomic E-state index is 12.5. The molecule has 1 aliphatic rings. The zero-order chi connectivity index (χ0) is 20.3. The molecule has 1 amide bonds. The van der Waals surface area contributed by atoms with E-state index >= 15 is 0 Å². The predicted octanol–water partition coefficient (Wildman–Crippen LogP) is 2.74. The fourth-order valence-corrected chi connectivity index (χ4v) is 4.41. The first kappa shape index (κ1) is 20.2. The lowest BCUT2D eigenvalue weighted by atomic mass is 10.1. The number of hydrogen-bond donors (Lipinski definition) is 2. The largest absolute Gasteiger partial charge is 0.507 e. The van der Waals surface area contributed by atoms with Gasteiger partial charge < -0.3 is 10.0 Å². The number of phenols is 1. The highest BCUT2D eigenvalue weighted by Gasteiger charge is 2.18. The van der Waals surface area contributed by atoms with E-state index in [1.54, 1.807) is 37.3 Å². The van der Waals surface area contributed by atoms with Crippen LogP contribution in [0.25, 0.3) is 0 Å². The van der Waals surface area contributed by atoms with Gasteiger partial charge in [-0.05, 0) is 58.7 Å². The van der Waals surface area contributed by atoms with Crippen molar-refractivity contribution < 1.29 is 14.1 Å². The monoisotopic (exact) mass is 419 g/mol. The number of anilines is 1. The van der Waals surface area contributed by atoms with Crippen molar-refractivity contribution in [3.8, 4) is 5.75 Å². The number of amides is 1. The van der Waals surface area contributed by atoms with Crippen LogP contribution in [-0.4, -0.2) is 51.4 Å². The van der Waals surface area contributed by atoms with Crippen LogP contribution in [-0.2, 0) is 9.52 Å². The summed E-state index contributed by atoms with van der Waals surface area (Å²) in [5.74, 6) is 4.56. The zero-order valence-electron chi connectivity index (χ0n) is 15.5. The molecule has 1 saturated heterocycles. The third-order valence-corrected chi connectivity index (χ3v) is 6.70. The van der Waals surface area contributed by atoms with E-state index in [0.29, 0.717) is 46.5 Å². The summed E-state index contributed by atoms with van der Waals surface area (Å²) in [5, 5.41) is 14.5. The Morgan fingerprint density at radius 3 is 2.68 bits per heavy atom. The van der Waals surface area contributed by atoms with E-state index in [4.69, 9.17) is 11.6 Å². The molecule has 2 aromatic carbocycles. The van der Waals surface area contributed by atoms with Gasteiger partial charge in [-0.25, -0.2) is 5.43 Å². The lowest BCUT2D eigenvalue weighted by molar-refractivity contribution is 0.0955. The summed E-state index contributed by atoms with van der Waals surface area (Å²) in [6, 6.07) is 11.9. The van der Waals surface area contributed by atoms with Crippen LogP contribution in [0.15, 0.2) is 47.6 Å². The van der Waals surface area contributed by atoms with Crippen molar-refractivity contribution in [2.24, 2.45) is 5.10 Å². The topological polar surface area (TPSA) is 82.0 Å². The second kappa shape index (κ2) is 8.24. The lowest BCUT2D eigenvalue weighted by Gasteiger charge is -2.30. The molecule has 0 bridgehead atoms. The quantitative estimate of drug-likeness (QED) is 0.453. The van der Waals surface area contributed by atoms with E-state index < -0.39 is 9.52 Å². The number of rotatable bonds is 4. The Balaban J connectivity index is 1.72. The standard InChI is InChI=1S/C20H22ClN3O3S/c1-14(18-13-16(21)6-7-19(18)25)22-23-20(26)15-4-3-5-17(12-15)24-8-10-28(2,27)11-9-24/h3-7,12-13,25H,2,8-11H2,1H3,(H,23,26)/b22-14+. The number of phenolic OH excluding ortho intramolecular Hbond substituents is 1. The van der Waals surface area contributed by atoms with Crippen LogP contribution in [0.2, 0.25) is 5.02 Å². The van der Waals surface area contributed by atoms with E-state index in [9.17, 15) is 14.1 Å². The van der Waals surface area contributed by atoms with Gasteiger partial charge in [-0.1, -0.05) is 17.7 Å². The smallest absolute Gasteiger partial charge is 0.271 e. The number of halogens is 1. The summed E-state index contributed by atoms with van der Waals surface area (Å²) >= 11 is 5.95. The van der Waals surface area contributed by atoms with Gasteiger partial charge in [-0.3, -0.25) is 9.00 Å². The Labute approximate surface area is 169 Å².